The van der Waals surface area contributed by atoms with Gasteiger partial charge in [0.25, 0.3) is 0 Å². The summed E-state index contributed by atoms with van der Waals surface area (Å²) in [5, 5.41) is 10.2. The molecule has 0 unspecified atom stereocenters. The smallest absolute Gasteiger partial charge is 0.0669 e. The Morgan fingerprint density at radius 2 is 2.06 bits per heavy atom. The van der Waals surface area contributed by atoms with E-state index >= 15 is 0 Å². The predicted molar refractivity (Wildman–Crippen MR) is 82.9 cm³/mol. The quantitative estimate of drug-likeness (QED) is 0.583. The lowest BCUT2D eigenvalue weighted by Gasteiger charge is -2.04. The standard InChI is InChI=1S/C15H13Br2N/c16-8-2-1-4-15(12-17)11-14-6-3-5-13(10-14)7-9-18/h3-6,10H,7-8,11-12H2/b15-4+. The van der Waals surface area contributed by atoms with Gasteiger partial charge in [0, 0.05) is 5.33 Å². The molecule has 0 aliphatic carbocycles. The topological polar surface area (TPSA) is 23.8 Å². The van der Waals surface area contributed by atoms with Crippen LogP contribution in [0.25, 0.3) is 0 Å². The molecule has 18 heavy (non-hydrogen) atoms. The van der Waals surface area contributed by atoms with Crippen LogP contribution in [0.2, 0.25) is 0 Å². The highest BCUT2D eigenvalue weighted by molar-refractivity contribution is 9.09. The van der Waals surface area contributed by atoms with Crippen LogP contribution in [0.15, 0.2) is 35.9 Å². The second kappa shape index (κ2) is 8.97. The van der Waals surface area contributed by atoms with E-state index in [0.717, 1.165) is 17.3 Å². The molecule has 0 N–H and O–H groups in total. The minimum absolute atomic E-state index is 0.463. The van der Waals surface area contributed by atoms with E-state index in [1.54, 1.807) is 0 Å². The third kappa shape index (κ3) is 5.54. The van der Waals surface area contributed by atoms with E-state index in [9.17, 15) is 0 Å². The molecule has 0 aliphatic heterocycles. The highest BCUT2D eigenvalue weighted by Crippen LogP contribution is 2.12. The SMILES string of the molecule is N#CCc1cccc(C/C(=C\C#CCBr)CBr)c1. The summed E-state index contributed by atoms with van der Waals surface area (Å²) in [6.07, 6.45) is 3.28. The Morgan fingerprint density at radius 3 is 2.72 bits per heavy atom. The monoisotopic (exact) mass is 365 g/mol. The highest BCUT2D eigenvalue weighted by atomic mass is 79.9. The molecule has 0 atom stereocenters. The zero-order valence-electron chi connectivity index (χ0n) is 9.92. The molecule has 0 heterocycles. The summed E-state index contributed by atoms with van der Waals surface area (Å²) < 4.78 is 0. The number of hydrogen-bond acceptors (Lipinski definition) is 1. The van der Waals surface area contributed by atoms with Gasteiger partial charge in [-0.15, -0.1) is 0 Å². The van der Waals surface area contributed by atoms with Gasteiger partial charge in [-0.25, -0.2) is 0 Å². The van der Waals surface area contributed by atoms with Crippen molar-refractivity contribution in [3.05, 3.63) is 47.0 Å². The second-order valence-corrected chi connectivity index (χ2v) is 4.84. The molecular weight excluding hydrogens is 354 g/mol. The van der Waals surface area contributed by atoms with Crippen LogP contribution in [0, 0.1) is 23.2 Å². The number of nitriles is 1. The van der Waals surface area contributed by atoms with Gasteiger partial charge in [0.05, 0.1) is 17.8 Å². The molecule has 0 radical (unpaired) electrons. The van der Waals surface area contributed by atoms with Crippen molar-refractivity contribution in [2.75, 3.05) is 10.7 Å². The van der Waals surface area contributed by atoms with Crippen molar-refractivity contribution in [3.63, 3.8) is 0 Å². The van der Waals surface area contributed by atoms with Crippen molar-refractivity contribution in [1.82, 2.24) is 0 Å². The normalized spacial score (nSPS) is 10.4. The van der Waals surface area contributed by atoms with Crippen molar-refractivity contribution in [1.29, 1.82) is 5.26 Å². The van der Waals surface area contributed by atoms with Crippen LogP contribution in [0.1, 0.15) is 11.1 Å². The van der Waals surface area contributed by atoms with Crippen molar-refractivity contribution < 1.29 is 0 Å². The van der Waals surface area contributed by atoms with Gasteiger partial charge in [-0.05, 0) is 29.2 Å². The summed E-state index contributed by atoms with van der Waals surface area (Å²) >= 11 is 6.74. The Morgan fingerprint density at radius 1 is 1.28 bits per heavy atom. The maximum atomic E-state index is 8.69. The number of nitrogens with zero attached hydrogens (tertiary/aromatic N) is 1. The van der Waals surface area contributed by atoms with Crippen LogP contribution in [0.3, 0.4) is 0 Å². The van der Waals surface area contributed by atoms with Crippen molar-refractivity contribution in [2.45, 2.75) is 12.8 Å². The molecule has 92 valence electrons. The number of allylic oxidation sites excluding steroid dienone is 2. The Balaban J connectivity index is 2.79. The first-order valence-electron chi connectivity index (χ1n) is 5.53. The molecule has 0 fully saturated rings. The van der Waals surface area contributed by atoms with Gasteiger partial charge in [-0.3, -0.25) is 0 Å². The second-order valence-electron chi connectivity index (χ2n) is 3.72. The maximum absolute atomic E-state index is 8.69. The predicted octanol–water partition coefficient (Wildman–Crippen LogP) is 4.01. The van der Waals surface area contributed by atoms with Gasteiger partial charge in [-0.1, -0.05) is 68.0 Å². The molecule has 1 aromatic carbocycles. The molecule has 0 aliphatic rings. The van der Waals surface area contributed by atoms with E-state index in [0.29, 0.717) is 11.8 Å². The molecule has 3 heteroatoms. The summed E-state index contributed by atoms with van der Waals surface area (Å²) in [5.74, 6) is 5.96. The van der Waals surface area contributed by atoms with Crippen LogP contribution < -0.4 is 0 Å². The number of alkyl halides is 2. The first kappa shape index (κ1) is 15.0. The molecule has 0 saturated heterocycles. The van der Waals surface area contributed by atoms with E-state index in [2.05, 4.69) is 61.9 Å². The van der Waals surface area contributed by atoms with E-state index < -0.39 is 0 Å². The number of hydrogen-bond donors (Lipinski definition) is 0. The van der Waals surface area contributed by atoms with Crippen molar-refractivity contribution in [2.24, 2.45) is 0 Å². The molecule has 1 rings (SSSR count). The third-order valence-electron chi connectivity index (χ3n) is 2.32. The minimum Gasteiger partial charge on any atom is -0.198 e. The van der Waals surface area contributed by atoms with E-state index in [1.807, 2.05) is 18.2 Å². The minimum atomic E-state index is 0.463. The van der Waals surface area contributed by atoms with Crippen LogP contribution in [0.5, 0.6) is 0 Å². The zero-order chi connectivity index (χ0) is 13.2. The fraction of sp³-hybridized carbons (Fsp3) is 0.267. The number of benzene rings is 1. The lowest BCUT2D eigenvalue weighted by molar-refractivity contribution is 1.14. The lowest BCUT2D eigenvalue weighted by Crippen LogP contribution is -1.93. The van der Waals surface area contributed by atoms with E-state index in [1.165, 1.54) is 11.1 Å². The zero-order valence-corrected chi connectivity index (χ0v) is 13.1. The van der Waals surface area contributed by atoms with Gasteiger partial charge in [0.2, 0.25) is 0 Å². The molecule has 0 spiro atoms. The van der Waals surface area contributed by atoms with Gasteiger partial charge >= 0.3 is 0 Å². The maximum Gasteiger partial charge on any atom is 0.0669 e. The van der Waals surface area contributed by atoms with Gasteiger partial charge in [-0.2, -0.15) is 5.26 Å². The molecule has 1 nitrogen and oxygen atoms in total. The van der Waals surface area contributed by atoms with Crippen LogP contribution in [-0.2, 0) is 12.8 Å². The van der Waals surface area contributed by atoms with Gasteiger partial charge < -0.3 is 0 Å². The highest BCUT2D eigenvalue weighted by Gasteiger charge is 1.99. The van der Waals surface area contributed by atoms with Crippen LogP contribution in [0.4, 0.5) is 0 Å². The fourth-order valence-corrected chi connectivity index (χ4v) is 2.05. The van der Waals surface area contributed by atoms with E-state index in [-0.39, 0.29) is 0 Å². The number of rotatable bonds is 4. The summed E-state index contributed by atoms with van der Waals surface area (Å²) in [4.78, 5) is 0. The summed E-state index contributed by atoms with van der Waals surface area (Å²) in [6, 6.07) is 10.3. The first-order valence-corrected chi connectivity index (χ1v) is 7.77. The molecular formula is C15H13Br2N. The first-order chi connectivity index (χ1) is 8.80. The summed E-state index contributed by atoms with van der Waals surface area (Å²) in [6.45, 7) is 0. The Hall–Kier alpha value is -1.03. The lowest BCUT2D eigenvalue weighted by atomic mass is 10.0. The van der Waals surface area contributed by atoms with Crippen LogP contribution in [-0.4, -0.2) is 10.7 Å². The summed E-state index contributed by atoms with van der Waals surface area (Å²) in [5.41, 5.74) is 3.52. The average Bonchev–Trinajstić information content (AvgIpc) is 2.38. The molecule has 0 aromatic heterocycles. The Bertz CT molecular complexity index is 515. The molecule has 1 aromatic rings. The fourth-order valence-electron chi connectivity index (χ4n) is 1.53. The molecule has 0 amide bonds. The number of halogens is 2. The third-order valence-corrected chi connectivity index (χ3v) is 3.32. The molecule has 0 saturated carbocycles. The largest absolute Gasteiger partial charge is 0.198 e. The Labute approximate surface area is 125 Å². The Kier molecular flexibility index (Phi) is 7.49. The van der Waals surface area contributed by atoms with E-state index in [4.69, 9.17) is 5.26 Å². The van der Waals surface area contributed by atoms with Gasteiger partial charge in [0.15, 0.2) is 0 Å². The summed E-state index contributed by atoms with van der Waals surface area (Å²) in [7, 11) is 0. The average molecular weight is 367 g/mol. The van der Waals surface area contributed by atoms with Gasteiger partial charge in [0.1, 0.15) is 0 Å². The van der Waals surface area contributed by atoms with Crippen molar-refractivity contribution in [3.8, 4) is 17.9 Å². The molecule has 0 bridgehead atoms. The van der Waals surface area contributed by atoms with Crippen molar-refractivity contribution >= 4 is 31.9 Å². The van der Waals surface area contributed by atoms with Crippen LogP contribution >= 0.6 is 31.9 Å².